The van der Waals surface area contributed by atoms with Gasteiger partial charge in [-0.25, -0.2) is 9.78 Å². The number of hydrogen-bond acceptors (Lipinski definition) is 5. The van der Waals surface area contributed by atoms with Gasteiger partial charge in [-0.3, -0.25) is 19.2 Å². The molecule has 0 spiro atoms. The Morgan fingerprint density at radius 2 is 2.08 bits per heavy atom. The van der Waals surface area contributed by atoms with Crippen molar-refractivity contribution in [1.29, 1.82) is 0 Å². The van der Waals surface area contributed by atoms with E-state index >= 15 is 0 Å². The van der Waals surface area contributed by atoms with E-state index in [-0.39, 0.29) is 18.2 Å². The van der Waals surface area contributed by atoms with Crippen LogP contribution in [0, 0.1) is 0 Å². The van der Waals surface area contributed by atoms with Gasteiger partial charge in [0.05, 0.1) is 13.2 Å². The van der Waals surface area contributed by atoms with Gasteiger partial charge >= 0.3 is 5.69 Å². The lowest BCUT2D eigenvalue weighted by Crippen LogP contribution is -2.32. The number of nitrogens with zero attached hydrogens (tertiary/aromatic N) is 4. The highest BCUT2D eigenvalue weighted by molar-refractivity contribution is 5.71. The fourth-order valence-corrected chi connectivity index (χ4v) is 3.69. The van der Waals surface area contributed by atoms with Crippen LogP contribution in [-0.2, 0) is 19.6 Å². The Balaban J connectivity index is 2.08. The monoisotopic (exact) mass is 349 g/mol. The molecule has 8 nitrogen and oxygen atoms in total. The number of unbranched alkanes of at least 4 members (excludes halogenated alkanes) is 1. The second-order valence-corrected chi connectivity index (χ2v) is 6.66. The SMILES string of the molecule is CCCCn1c(=O)[nH]c(=O)c2c1nc(CN1CCC[C@@H]1CO)n2CC. The highest BCUT2D eigenvalue weighted by Gasteiger charge is 2.26. The molecular formula is C17H27N5O3. The minimum absolute atomic E-state index is 0.133. The molecule has 1 aliphatic rings. The van der Waals surface area contributed by atoms with Crippen LogP contribution in [0.2, 0.25) is 0 Å². The molecule has 2 N–H and O–H groups in total. The molecular weight excluding hydrogens is 322 g/mol. The van der Waals surface area contributed by atoms with Crippen LogP contribution in [0.25, 0.3) is 11.2 Å². The van der Waals surface area contributed by atoms with Gasteiger partial charge in [0.1, 0.15) is 5.82 Å². The first-order chi connectivity index (χ1) is 12.1. The van der Waals surface area contributed by atoms with Gasteiger partial charge in [0.15, 0.2) is 11.2 Å². The van der Waals surface area contributed by atoms with Crippen LogP contribution in [0.15, 0.2) is 9.59 Å². The Morgan fingerprint density at radius 3 is 2.76 bits per heavy atom. The van der Waals surface area contributed by atoms with Crippen molar-refractivity contribution in [3.05, 3.63) is 26.7 Å². The van der Waals surface area contributed by atoms with Gasteiger partial charge in [0, 0.05) is 19.1 Å². The molecule has 1 atom stereocenters. The van der Waals surface area contributed by atoms with Crippen LogP contribution in [-0.4, -0.2) is 48.3 Å². The largest absolute Gasteiger partial charge is 0.395 e. The maximum absolute atomic E-state index is 12.4. The zero-order valence-electron chi connectivity index (χ0n) is 15.0. The van der Waals surface area contributed by atoms with Gasteiger partial charge in [-0.1, -0.05) is 13.3 Å². The van der Waals surface area contributed by atoms with Crippen molar-refractivity contribution >= 4 is 11.2 Å². The van der Waals surface area contributed by atoms with Gasteiger partial charge in [-0.2, -0.15) is 0 Å². The average molecular weight is 349 g/mol. The summed E-state index contributed by atoms with van der Waals surface area (Å²) in [6.07, 6.45) is 3.85. The molecule has 2 aromatic rings. The van der Waals surface area contributed by atoms with E-state index in [9.17, 15) is 14.7 Å². The number of likely N-dealkylation sites (tertiary alicyclic amines) is 1. The summed E-state index contributed by atoms with van der Waals surface area (Å²) in [4.78, 5) is 33.9. The topological polar surface area (TPSA) is 96.2 Å². The number of aromatic amines is 1. The van der Waals surface area contributed by atoms with Gasteiger partial charge in [0.2, 0.25) is 0 Å². The maximum atomic E-state index is 12.4. The third-order valence-electron chi connectivity index (χ3n) is 5.07. The number of aromatic nitrogens is 4. The van der Waals surface area contributed by atoms with Crippen LogP contribution in [0.4, 0.5) is 0 Å². The molecule has 0 saturated carbocycles. The zero-order valence-corrected chi connectivity index (χ0v) is 15.0. The number of H-pyrrole nitrogens is 1. The van der Waals surface area contributed by atoms with Gasteiger partial charge < -0.3 is 9.67 Å². The second kappa shape index (κ2) is 7.53. The number of aliphatic hydroxyl groups excluding tert-OH is 1. The first kappa shape index (κ1) is 17.9. The van der Waals surface area contributed by atoms with Crippen molar-refractivity contribution < 1.29 is 5.11 Å². The van der Waals surface area contributed by atoms with Crippen molar-refractivity contribution in [1.82, 2.24) is 24.0 Å². The molecule has 0 bridgehead atoms. The quantitative estimate of drug-likeness (QED) is 0.766. The Bertz CT molecular complexity index is 850. The van der Waals surface area contributed by atoms with E-state index in [1.54, 1.807) is 4.57 Å². The van der Waals surface area contributed by atoms with Gasteiger partial charge in [-0.05, 0) is 32.7 Å². The third kappa shape index (κ3) is 3.28. The van der Waals surface area contributed by atoms with Crippen molar-refractivity contribution in [2.24, 2.45) is 0 Å². The maximum Gasteiger partial charge on any atom is 0.330 e. The lowest BCUT2D eigenvalue weighted by molar-refractivity contribution is 0.150. The molecule has 8 heteroatoms. The number of fused-ring (bicyclic) bond motifs is 1. The summed E-state index contributed by atoms with van der Waals surface area (Å²) >= 11 is 0. The lowest BCUT2D eigenvalue weighted by Gasteiger charge is -2.22. The van der Waals surface area contributed by atoms with Crippen molar-refractivity contribution in [3.63, 3.8) is 0 Å². The number of aliphatic hydroxyl groups is 1. The molecule has 0 unspecified atom stereocenters. The summed E-state index contributed by atoms with van der Waals surface area (Å²) in [5.41, 5.74) is 0.160. The molecule has 2 aromatic heterocycles. The lowest BCUT2D eigenvalue weighted by atomic mass is 10.2. The molecule has 0 radical (unpaired) electrons. The van der Waals surface area contributed by atoms with Crippen molar-refractivity contribution in [3.8, 4) is 0 Å². The Morgan fingerprint density at radius 1 is 1.28 bits per heavy atom. The number of aryl methyl sites for hydroxylation is 2. The van der Waals surface area contributed by atoms with Crippen molar-refractivity contribution in [2.75, 3.05) is 13.2 Å². The standard InChI is InChI=1S/C17H27N5O3/c1-3-5-9-22-15-14(16(24)19-17(22)25)21(4-2)13(18-15)10-20-8-6-7-12(20)11-23/h12,23H,3-11H2,1-2H3,(H,19,24,25)/t12-/m1/s1. The molecule has 1 saturated heterocycles. The van der Waals surface area contributed by atoms with E-state index in [0.717, 1.165) is 38.1 Å². The van der Waals surface area contributed by atoms with E-state index in [1.165, 1.54) is 0 Å². The summed E-state index contributed by atoms with van der Waals surface area (Å²) in [5, 5.41) is 9.53. The molecule has 3 rings (SSSR count). The average Bonchev–Trinajstić information content (AvgIpc) is 3.19. The van der Waals surface area contributed by atoms with Crippen LogP contribution in [0.1, 0.15) is 45.4 Å². The Kier molecular flexibility index (Phi) is 5.39. The molecule has 0 aromatic carbocycles. The molecule has 0 amide bonds. The zero-order chi connectivity index (χ0) is 18.0. The normalized spacial score (nSPS) is 18.4. The van der Waals surface area contributed by atoms with E-state index < -0.39 is 5.69 Å². The summed E-state index contributed by atoms with van der Waals surface area (Å²) in [7, 11) is 0. The number of rotatable bonds is 7. The van der Waals surface area contributed by atoms with Crippen LogP contribution < -0.4 is 11.2 Å². The van der Waals surface area contributed by atoms with Crippen LogP contribution in [0.5, 0.6) is 0 Å². The number of hydrogen-bond donors (Lipinski definition) is 2. The summed E-state index contributed by atoms with van der Waals surface area (Å²) in [6.45, 7) is 6.82. The Labute approximate surface area is 146 Å². The minimum Gasteiger partial charge on any atom is -0.395 e. The van der Waals surface area contributed by atoms with E-state index in [1.807, 2.05) is 11.5 Å². The summed E-state index contributed by atoms with van der Waals surface area (Å²) < 4.78 is 3.46. The molecule has 1 aliphatic heterocycles. The predicted octanol–water partition coefficient (Wildman–Crippen LogP) is 0.663. The van der Waals surface area contributed by atoms with E-state index in [2.05, 4.69) is 21.8 Å². The first-order valence-electron chi connectivity index (χ1n) is 9.17. The smallest absolute Gasteiger partial charge is 0.330 e. The fourth-order valence-electron chi connectivity index (χ4n) is 3.69. The molecule has 138 valence electrons. The highest BCUT2D eigenvalue weighted by Crippen LogP contribution is 2.21. The highest BCUT2D eigenvalue weighted by atomic mass is 16.3. The second-order valence-electron chi connectivity index (χ2n) is 6.66. The molecule has 25 heavy (non-hydrogen) atoms. The first-order valence-corrected chi connectivity index (χ1v) is 9.17. The predicted molar refractivity (Wildman–Crippen MR) is 95.7 cm³/mol. The van der Waals surface area contributed by atoms with Crippen LogP contribution >= 0.6 is 0 Å². The van der Waals surface area contributed by atoms with E-state index in [4.69, 9.17) is 0 Å². The number of imidazole rings is 1. The molecule has 1 fully saturated rings. The summed E-state index contributed by atoms with van der Waals surface area (Å²) in [5.74, 6) is 0.777. The molecule has 0 aliphatic carbocycles. The van der Waals surface area contributed by atoms with Gasteiger partial charge in [0.25, 0.3) is 5.56 Å². The molecule has 3 heterocycles. The number of nitrogens with one attached hydrogen (secondary N) is 1. The fraction of sp³-hybridized carbons (Fsp3) is 0.706. The van der Waals surface area contributed by atoms with E-state index in [0.29, 0.717) is 30.8 Å². The minimum atomic E-state index is -0.396. The van der Waals surface area contributed by atoms with Gasteiger partial charge in [-0.15, -0.1) is 0 Å². The van der Waals surface area contributed by atoms with Crippen molar-refractivity contribution in [2.45, 2.75) is 65.2 Å². The summed E-state index contributed by atoms with van der Waals surface area (Å²) in [6, 6.07) is 0.144. The Hall–Kier alpha value is -1.93. The third-order valence-corrected chi connectivity index (χ3v) is 5.07. The van der Waals surface area contributed by atoms with Crippen LogP contribution in [0.3, 0.4) is 0 Å².